The van der Waals surface area contributed by atoms with Crippen LogP contribution in [0, 0.1) is 6.92 Å². The van der Waals surface area contributed by atoms with Crippen LogP contribution in [-0.2, 0) is 25.6 Å². The van der Waals surface area contributed by atoms with Gasteiger partial charge in [-0.25, -0.2) is 14.6 Å². The number of rotatable bonds is 8. The van der Waals surface area contributed by atoms with Crippen LogP contribution in [0.5, 0.6) is 0 Å². The molecule has 3 aromatic rings. The van der Waals surface area contributed by atoms with Crippen molar-refractivity contribution in [1.29, 1.82) is 0 Å². The van der Waals surface area contributed by atoms with Crippen LogP contribution >= 0.6 is 11.3 Å². The number of carbonyl (C=O) groups excluding carboxylic acids is 2. The molecule has 0 radical (unpaired) electrons. The summed E-state index contributed by atoms with van der Waals surface area (Å²) >= 11 is 1.10. The highest BCUT2D eigenvalue weighted by molar-refractivity contribution is 7.20. The molecule has 0 saturated carbocycles. The fourth-order valence-corrected chi connectivity index (χ4v) is 3.89. The molecule has 0 saturated heterocycles. The van der Waals surface area contributed by atoms with Gasteiger partial charge in [-0.05, 0) is 25.0 Å². The van der Waals surface area contributed by atoms with E-state index < -0.39 is 23.5 Å². The van der Waals surface area contributed by atoms with Crippen LogP contribution in [0.2, 0.25) is 0 Å². The van der Waals surface area contributed by atoms with Crippen LogP contribution in [0.15, 0.2) is 41.5 Å². The van der Waals surface area contributed by atoms with E-state index in [1.807, 2.05) is 30.3 Å². The van der Waals surface area contributed by atoms with Crippen molar-refractivity contribution in [2.75, 3.05) is 20.3 Å². The Labute approximate surface area is 177 Å². The second-order valence-electron chi connectivity index (χ2n) is 6.59. The molecule has 1 unspecified atom stereocenters. The summed E-state index contributed by atoms with van der Waals surface area (Å²) in [5.41, 5.74) is 0.942. The molecule has 1 atom stereocenters. The first-order valence-corrected chi connectivity index (χ1v) is 10.1. The molecule has 0 aliphatic rings. The van der Waals surface area contributed by atoms with Gasteiger partial charge in [0, 0.05) is 7.11 Å². The number of nitrogens with zero attached hydrogens (tertiary/aromatic N) is 2. The number of ether oxygens (including phenoxy) is 3. The molecule has 158 valence electrons. The Morgan fingerprint density at radius 1 is 1.17 bits per heavy atom. The Hall–Kier alpha value is -3.04. The third-order valence-corrected chi connectivity index (χ3v) is 5.74. The lowest BCUT2D eigenvalue weighted by atomic mass is 10.2. The van der Waals surface area contributed by atoms with Gasteiger partial charge in [0.15, 0.2) is 0 Å². The summed E-state index contributed by atoms with van der Waals surface area (Å²) in [5, 5.41) is 0.297. The molecule has 0 aliphatic heterocycles. The second-order valence-corrected chi connectivity index (χ2v) is 7.59. The van der Waals surface area contributed by atoms with E-state index >= 15 is 0 Å². The fourth-order valence-electron chi connectivity index (χ4n) is 2.86. The van der Waals surface area contributed by atoms with Gasteiger partial charge in [-0.2, -0.15) is 0 Å². The molecule has 8 nitrogen and oxygen atoms in total. The number of fused-ring (bicyclic) bond motifs is 1. The quantitative estimate of drug-likeness (QED) is 0.400. The molecular formula is C21H22N2O6S. The molecule has 30 heavy (non-hydrogen) atoms. The molecule has 0 spiro atoms. The van der Waals surface area contributed by atoms with Gasteiger partial charge in [0.1, 0.15) is 29.0 Å². The van der Waals surface area contributed by atoms with E-state index in [0.29, 0.717) is 20.7 Å². The van der Waals surface area contributed by atoms with Crippen molar-refractivity contribution in [2.45, 2.75) is 26.5 Å². The number of methoxy groups -OCH3 is 1. The first kappa shape index (κ1) is 21.7. The highest BCUT2D eigenvalue weighted by Crippen LogP contribution is 2.28. The average molecular weight is 430 g/mol. The summed E-state index contributed by atoms with van der Waals surface area (Å²) in [6, 6.07) is 8.46. The highest BCUT2D eigenvalue weighted by atomic mass is 32.1. The number of hydrogen-bond acceptors (Lipinski definition) is 8. The second kappa shape index (κ2) is 9.64. The summed E-state index contributed by atoms with van der Waals surface area (Å²) in [4.78, 5) is 42.7. The molecule has 0 amide bonds. The van der Waals surface area contributed by atoms with Crippen LogP contribution in [0.25, 0.3) is 10.2 Å². The van der Waals surface area contributed by atoms with Gasteiger partial charge in [-0.1, -0.05) is 30.3 Å². The number of esters is 2. The molecule has 2 heterocycles. The Morgan fingerprint density at radius 2 is 1.90 bits per heavy atom. The molecule has 3 rings (SSSR count). The van der Waals surface area contributed by atoms with Crippen LogP contribution in [0.3, 0.4) is 0 Å². The first-order valence-electron chi connectivity index (χ1n) is 9.31. The molecular weight excluding hydrogens is 408 g/mol. The third-order valence-electron chi connectivity index (χ3n) is 4.56. The minimum Gasteiger partial charge on any atom is -0.462 e. The standard InChI is InChI=1S/C21H22N2O6S/c1-13-16-18(30-17(13)21(26)29-11-15-7-5-4-6-8-15)22-12-23(19(16)24)14(2)20(25)28-10-9-27-3/h4-8,12,14H,9-11H2,1-3H3. The zero-order chi connectivity index (χ0) is 21.7. The van der Waals surface area contributed by atoms with Gasteiger partial charge in [0.05, 0.1) is 18.3 Å². The third kappa shape index (κ3) is 4.58. The van der Waals surface area contributed by atoms with Gasteiger partial charge >= 0.3 is 11.9 Å². The number of thiophene rings is 1. The summed E-state index contributed by atoms with van der Waals surface area (Å²) in [5.74, 6) is -1.08. The molecule has 9 heteroatoms. The van der Waals surface area contributed by atoms with E-state index in [1.54, 1.807) is 13.8 Å². The zero-order valence-corrected chi connectivity index (χ0v) is 17.7. The maximum absolute atomic E-state index is 13.0. The van der Waals surface area contributed by atoms with Crippen molar-refractivity contribution in [3.05, 3.63) is 63.0 Å². The summed E-state index contributed by atoms with van der Waals surface area (Å²) in [7, 11) is 1.50. The first-order chi connectivity index (χ1) is 14.4. The number of hydrogen-bond donors (Lipinski definition) is 0. The van der Waals surface area contributed by atoms with Crippen LogP contribution in [0.1, 0.15) is 33.8 Å². The van der Waals surface area contributed by atoms with E-state index in [9.17, 15) is 14.4 Å². The minimum absolute atomic E-state index is 0.0962. The molecule has 1 aromatic carbocycles. The minimum atomic E-state index is -0.862. The van der Waals surface area contributed by atoms with Crippen molar-refractivity contribution in [3.63, 3.8) is 0 Å². The predicted octanol–water partition coefficient (Wildman–Crippen LogP) is 2.87. The number of aromatic nitrogens is 2. The number of aryl methyl sites for hydroxylation is 1. The topological polar surface area (TPSA) is 96.7 Å². The van der Waals surface area contributed by atoms with E-state index in [4.69, 9.17) is 14.2 Å². The molecule has 2 aromatic heterocycles. The van der Waals surface area contributed by atoms with Crippen molar-refractivity contribution in [2.24, 2.45) is 0 Å². The number of benzene rings is 1. The smallest absolute Gasteiger partial charge is 0.349 e. The Bertz CT molecular complexity index is 1110. The van der Waals surface area contributed by atoms with Gasteiger partial charge in [0.2, 0.25) is 0 Å². The van der Waals surface area contributed by atoms with Gasteiger partial charge in [0.25, 0.3) is 5.56 Å². The monoisotopic (exact) mass is 430 g/mol. The van der Waals surface area contributed by atoms with Crippen molar-refractivity contribution in [1.82, 2.24) is 9.55 Å². The lowest BCUT2D eigenvalue weighted by Crippen LogP contribution is -2.30. The predicted molar refractivity (Wildman–Crippen MR) is 112 cm³/mol. The lowest BCUT2D eigenvalue weighted by Gasteiger charge is -2.13. The molecule has 0 bridgehead atoms. The lowest BCUT2D eigenvalue weighted by molar-refractivity contribution is -0.148. The molecule has 0 aliphatic carbocycles. The van der Waals surface area contributed by atoms with Crippen LogP contribution < -0.4 is 5.56 Å². The average Bonchev–Trinajstić information content (AvgIpc) is 3.10. The van der Waals surface area contributed by atoms with Crippen LogP contribution in [0.4, 0.5) is 0 Å². The van der Waals surface area contributed by atoms with Crippen molar-refractivity contribution < 1.29 is 23.8 Å². The SMILES string of the molecule is COCCOC(=O)C(C)n1cnc2sc(C(=O)OCc3ccccc3)c(C)c2c1=O. The molecule has 0 N–H and O–H groups in total. The van der Waals surface area contributed by atoms with Crippen molar-refractivity contribution in [3.8, 4) is 0 Å². The van der Waals surface area contributed by atoms with E-state index in [1.165, 1.54) is 18.0 Å². The highest BCUT2D eigenvalue weighted by Gasteiger charge is 2.24. The Kier molecular flexibility index (Phi) is 6.96. The summed E-state index contributed by atoms with van der Waals surface area (Å²) in [6.07, 6.45) is 1.29. The Balaban J connectivity index is 1.83. The fraction of sp³-hybridized carbons (Fsp3) is 0.333. The van der Waals surface area contributed by atoms with Gasteiger partial charge in [-0.15, -0.1) is 11.3 Å². The van der Waals surface area contributed by atoms with Gasteiger partial charge < -0.3 is 14.2 Å². The van der Waals surface area contributed by atoms with Crippen LogP contribution in [-0.4, -0.2) is 41.8 Å². The van der Waals surface area contributed by atoms with Gasteiger partial charge in [-0.3, -0.25) is 9.36 Å². The Morgan fingerprint density at radius 3 is 2.60 bits per heavy atom. The normalized spacial score (nSPS) is 12.0. The zero-order valence-electron chi connectivity index (χ0n) is 16.9. The number of carbonyl (C=O) groups is 2. The van der Waals surface area contributed by atoms with Crippen molar-refractivity contribution >= 4 is 33.5 Å². The summed E-state index contributed by atoms with van der Waals surface area (Å²) < 4.78 is 16.5. The van der Waals surface area contributed by atoms with E-state index in [0.717, 1.165) is 16.9 Å². The molecule has 0 fully saturated rings. The van der Waals surface area contributed by atoms with E-state index in [2.05, 4.69) is 4.98 Å². The maximum atomic E-state index is 13.0. The maximum Gasteiger partial charge on any atom is 0.349 e. The van der Waals surface area contributed by atoms with E-state index in [-0.39, 0.29) is 19.8 Å². The largest absolute Gasteiger partial charge is 0.462 e. The summed E-state index contributed by atoms with van der Waals surface area (Å²) in [6.45, 7) is 3.73.